The van der Waals surface area contributed by atoms with E-state index in [1.54, 1.807) is 36.5 Å². The smallest absolute Gasteiger partial charge is 0.272 e. The Morgan fingerprint density at radius 1 is 1.15 bits per heavy atom. The van der Waals surface area contributed by atoms with Gasteiger partial charge in [-0.2, -0.15) is 0 Å². The summed E-state index contributed by atoms with van der Waals surface area (Å²) in [7, 11) is 0. The van der Waals surface area contributed by atoms with E-state index in [1.165, 1.54) is 0 Å². The molecule has 0 fully saturated rings. The highest BCUT2D eigenvalue weighted by atomic mass is 35.5. The van der Waals surface area contributed by atoms with Crippen molar-refractivity contribution in [2.75, 3.05) is 5.32 Å². The first kappa shape index (κ1) is 13.0. The second-order valence-corrected chi connectivity index (χ2v) is 5.02. The van der Waals surface area contributed by atoms with Gasteiger partial charge in [0.15, 0.2) is 0 Å². The number of hydrogen-bond acceptors (Lipinski definition) is 2. The minimum Gasteiger partial charge on any atom is -0.349 e. The van der Waals surface area contributed by atoms with Crippen LogP contribution >= 0.6 is 23.2 Å². The molecule has 0 bridgehead atoms. The number of nitrogens with zero attached hydrogens (tertiary/aromatic N) is 1. The fraction of sp³-hybridized carbons (Fsp3) is 0. The van der Waals surface area contributed by atoms with Crippen LogP contribution in [0.15, 0.2) is 42.6 Å². The number of fused-ring (bicyclic) bond motifs is 1. The zero-order valence-corrected chi connectivity index (χ0v) is 11.7. The Hall–Kier alpha value is -2.04. The van der Waals surface area contributed by atoms with Gasteiger partial charge in [0, 0.05) is 11.9 Å². The molecule has 0 saturated heterocycles. The molecule has 0 aliphatic rings. The first-order valence-corrected chi connectivity index (χ1v) is 6.59. The normalized spacial score (nSPS) is 10.7. The number of halogens is 2. The number of carbonyl (C=O) groups excluding carboxylic acids is 1. The van der Waals surface area contributed by atoms with Gasteiger partial charge in [0.1, 0.15) is 5.69 Å². The zero-order valence-electron chi connectivity index (χ0n) is 10.2. The Labute approximate surface area is 124 Å². The van der Waals surface area contributed by atoms with Crippen molar-refractivity contribution in [2.24, 2.45) is 0 Å². The average molecular weight is 306 g/mol. The van der Waals surface area contributed by atoms with Gasteiger partial charge in [-0.15, -0.1) is 0 Å². The number of benzene rings is 1. The third-order valence-electron chi connectivity index (χ3n) is 2.81. The van der Waals surface area contributed by atoms with E-state index in [0.29, 0.717) is 21.4 Å². The van der Waals surface area contributed by atoms with Gasteiger partial charge in [0.2, 0.25) is 0 Å². The SMILES string of the molecule is O=C(Nc1ccc(Cl)c(Cl)c1)c1cc2ncccc2[nH]1. The number of aromatic nitrogens is 2. The zero-order chi connectivity index (χ0) is 14.1. The lowest BCUT2D eigenvalue weighted by atomic mass is 10.3. The van der Waals surface area contributed by atoms with E-state index in [1.807, 2.05) is 6.07 Å². The summed E-state index contributed by atoms with van der Waals surface area (Å²) in [4.78, 5) is 19.3. The Morgan fingerprint density at radius 2 is 2.00 bits per heavy atom. The summed E-state index contributed by atoms with van der Waals surface area (Å²) in [5, 5.41) is 3.58. The van der Waals surface area contributed by atoms with Crippen LogP contribution in [0.3, 0.4) is 0 Å². The highest BCUT2D eigenvalue weighted by Crippen LogP contribution is 2.25. The molecule has 20 heavy (non-hydrogen) atoms. The molecule has 1 amide bonds. The Morgan fingerprint density at radius 3 is 2.75 bits per heavy atom. The molecule has 6 heteroatoms. The first-order chi connectivity index (χ1) is 9.63. The summed E-state index contributed by atoms with van der Waals surface area (Å²) >= 11 is 11.7. The van der Waals surface area contributed by atoms with Gasteiger partial charge >= 0.3 is 0 Å². The largest absolute Gasteiger partial charge is 0.349 e. The Balaban J connectivity index is 1.86. The van der Waals surface area contributed by atoms with Crippen LogP contribution in [0.25, 0.3) is 11.0 Å². The molecule has 2 N–H and O–H groups in total. The van der Waals surface area contributed by atoms with E-state index in [2.05, 4.69) is 15.3 Å². The predicted octanol–water partition coefficient (Wildman–Crippen LogP) is 4.12. The molecule has 0 radical (unpaired) electrons. The standard InChI is InChI=1S/C14H9Cl2N3O/c15-9-4-3-8(6-10(9)16)18-14(20)13-7-12-11(19-13)2-1-5-17-12/h1-7,19H,(H,18,20). The average Bonchev–Trinajstić information content (AvgIpc) is 2.87. The summed E-state index contributed by atoms with van der Waals surface area (Å²) in [6.45, 7) is 0. The third-order valence-corrected chi connectivity index (χ3v) is 3.55. The van der Waals surface area contributed by atoms with E-state index in [0.717, 1.165) is 11.0 Å². The molecule has 3 rings (SSSR count). The van der Waals surface area contributed by atoms with Crippen molar-refractivity contribution in [3.63, 3.8) is 0 Å². The van der Waals surface area contributed by atoms with Crippen LogP contribution in [0.5, 0.6) is 0 Å². The molecule has 0 atom stereocenters. The maximum atomic E-state index is 12.1. The van der Waals surface area contributed by atoms with Crippen LogP contribution in [0, 0.1) is 0 Å². The lowest BCUT2D eigenvalue weighted by molar-refractivity contribution is 0.102. The van der Waals surface area contributed by atoms with Crippen molar-refractivity contribution in [3.05, 3.63) is 58.3 Å². The summed E-state index contributed by atoms with van der Waals surface area (Å²) < 4.78 is 0. The maximum absolute atomic E-state index is 12.1. The van der Waals surface area contributed by atoms with Gasteiger partial charge in [-0.3, -0.25) is 9.78 Å². The van der Waals surface area contributed by atoms with Crippen LogP contribution in [0.2, 0.25) is 10.0 Å². The first-order valence-electron chi connectivity index (χ1n) is 5.83. The topological polar surface area (TPSA) is 57.8 Å². The molecular weight excluding hydrogens is 297 g/mol. The highest BCUT2D eigenvalue weighted by molar-refractivity contribution is 6.42. The van der Waals surface area contributed by atoms with Crippen molar-refractivity contribution in [1.82, 2.24) is 9.97 Å². The molecule has 0 aliphatic heterocycles. The molecule has 3 aromatic rings. The summed E-state index contributed by atoms with van der Waals surface area (Å²) in [6, 6.07) is 10.3. The van der Waals surface area contributed by atoms with Crippen molar-refractivity contribution >= 4 is 45.8 Å². The van der Waals surface area contributed by atoms with Crippen molar-refractivity contribution < 1.29 is 4.79 Å². The monoisotopic (exact) mass is 305 g/mol. The number of nitrogens with one attached hydrogen (secondary N) is 2. The number of hydrogen-bond donors (Lipinski definition) is 2. The molecule has 0 unspecified atom stereocenters. The fourth-order valence-corrected chi connectivity index (χ4v) is 2.15. The molecular formula is C14H9Cl2N3O. The van der Waals surface area contributed by atoms with E-state index in [9.17, 15) is 4.79 Å². The second-order valence-electron chi connectivity index (χ2n) is 4.20. The number of rotatable bonds is 2. The summed E-state index contributed by atoms with van der Waals surface area (Å²) in [6.07, 6.45) is 1.68. The number of aromatic amines is 1. The molecule has 0 aliphatic carbocycles. The lowest BCUT2D eigenvalue weighted by Gasteiger charge is -2.04. The van der Waals surface area contributed by atoms with Crippen LogP contribution in [0.1, 0.15) is 10.5 Å². The van der Waals surface area contributed by atoms with E-state index < -0.39 is 0 Å². The van der Waals surface area contributed by atoms with E-state index in [4.69, 9.17) is 23.2 Å². The minimum atomic E-state index is -0.263. The Bertz CT molecular complexity index is 765. The van der Waals surface area contributed by atoms with Gasteiger partial charge in [-0.05, 0) is 36.4 Å². The van der Waals surface area contributed by atoms with Crippen LogP contribution in [0.4, 0.5) is 5.69 Å². The molecule has 1 aromatic carbocycles. The van der Waals surface area contributed by atoms with Crippen LogP contribution < -0.4 is 5.32 Å². The molecule has 4 nitrogen and oxygen atoms in total. The van der Waals surface area contributed by atoms with Gasteiger partial charge in [0.05, 0.1) is 21.1 Å². The fourth-order valence-electron chi connectivity index (χ4n) is 1.85. The van der Waals surface area contributed by atoms with Crippen molar-refractivity contribution in [3.8, 4) is 0 Å². The van der Waals surface area contributed by atoms with Gasteiger partial charge < -0.3 is 10.3 Å². The summed E-state index contributed by atoms with van der Waals surface area (Å²) in [5.74, 6) is -0.263. The van der Waals surface area contributed by atoms with Crippen LogP contribution in [-0.4, -0.2) is 15.9 Å². The minimum absolute atomic E-state index is 0.263. The van der Waals surface area contributed by atoms with E-state index >= 15 is 0 Å². The van der Waals surface area contributed by atoms with Crippen molar-refractivity contribution in [1.29, 1.82) is 0 Å². The quantitative estimate of drug-likeness (QED) is 0.748. The molecule has 0 saturated carbocycles. The molecule has 100 valence electrons. The number of H-pyrrole nitrogens is 1. The lowest BCUT2D eigenvalue weighted by Crippen LogP contribution is -2.12. The Kier molecular flexibility index (Phi) is 3.34. The predicted molar refractivity (Wildman–Crippen MR) is 80.5 cm³/mol. The van der Waals surface area contributed by atoms with Crippen molar-refractivity contribution in [2.45, 2.75) is 0 Å². The third kappa shape index (κ3) is 2.48. The van der Waals surface area contributed by atoms with Gasteiger partial charge in [0.25, 0.3) is 5.91 Å². The maximum Gasteiger partial charge on any atom is 0.272 e. The van der Waals surface area contributed by atoms with Gasteiger partial charge in [-0.25, -0.2) is 0 Å². The number of amides is 1. The number of carbonyl (C=O) groups is 1. The van der Waals surface area contributed by atoms with Crippen LogP contribution in [-0.2, 0) is 0 Å². The van der Waals surface area contributed by atoms with Gasteiger partial charge in [-0.1, -0.05) is 23.2 Å². The highest BCUT2D eigenvalue weighted by Gasteiger charge is 2.10. The van der Waals surface area contributed by atoms with E-state index in [-0.39, 0.29) is 5.91 Å². The molecule has 0 spiro atoms. The number of anilines is 1. The second kappa shape index (κ2) is 5.15. The summed E-state index contributed by atoms with van der Waals surface area (Å²) in [5.41, 5.74) is 2.57. The molecule has 2 heterocycles. The molecule has 2 aromatic heterocycles. The number of pyridine rings is 1.